The van der Waals surface area contributed by atoms with Crippen molar-refractivity contribution in [3.05, 3.63) is 29.8 Å². The lowest BCUT2D eigenvalue weighted by atomic mass is 10.1. The third-order valence-corrected chi connectivity index (χ3v) is 4.22. The van der Waals surface area contributed by atoms with E-state index in [0.29, 0.717) is 12.3 Å². The van der Waals surface area contributed by atoms with Gasteiger partial charge in [0.15, 0.2) is 0 Å². The number of amides is 2. The van der Waals surface area contributed by atoms with E-state index in [4.69, 9.17) is 4.74 Å². The van der Waals surface area contributed by atoms with Gasteiger partial charge in [-0.15, -0.1) is 0 Å². The van der Waals surface area contributed by atoms with Crippen LogP contribution in [0, 0.1) is 0 Å². The highest BCUT2D eigenvalue weighted by Crippen LogP contribution is 2.26. The smallest absolute Gasteiger partial charge is 0.310 e. The van der Waals surface area contributed by atoms with E-state index < -0.39 is 0 Å². The van der Waals surface area contributed by atoms with Crippen molar-refractivity contribution >= 4 is 23.5 Å². The average molecular weight is 332 g/mol. The first-order valence-electron chi connectivity index (χ1n) is 8.37. The molecule has 2 rings (SSSR count). The van der Waals surface area contributed by atoms with Crippen molar-refractivity contribution in [1.29, 1.82) is 0 Å². The van der Waals surface area contributed by atoms with Crippen LogP contribution in [-0.4, -0.2) is 48.4 Å². The van der Waals surface area contributed by atoms with E-state index in [1.54, 1.807) is 31.2 Å². The predicted octanol–water partition coefficient (Wildman–Crippen LogP) is 1.77. The van der Waals surface area contributed by atoms with Gasteiger partial charge in [0.25, 0.3) is 5.91 Å². The lowest BCUT2D eigenvalue weighted by Crippen LogP contribution is -2.42. The molecule has 1 heterocycles. The molecule has 0 saturated carbocycles. The summed E-state index contributed by atoms with van der Waals surface area (Å²) in [6.07, 6.45) is 0.392. The molecule has 0 aromatic heterocycles. The Labute approximate surface area is 142 Å². The van der Waals surface area contributed by atoms with Crippen LogP contribution in [-0.2, 0) is 25.5 Å². The molecule has 0 N–H and O–H groups in total. The van der Waals surface area contributed by atoms with Crippen LogP contribution in [0.4, 0.5) is 5.69 Å². The summed E-state index contributed by atoms with van der Waals surface area (Å²) in [6, 6.07) is 6.52. The van der Waals surface area contributed by atoms with Crippen LogP contribution in [0.2, 0.25) is 0 Å². The number of carbonyl (C=O) groups excluding carboxylic acids is 3. The van der Waals surface area contributed by atoms with E-state index in [9.17, 15) is 14.4 Å². The number of hydrogen-bond acceptors (Lipinski definition) is 5. The van der Waals surface area contributed by atoms with E-state index in [1.165, 1.54) is 4.90 Å². The fourth-order valence-electron chi connectivity index (χ4n) is 2.98. The Morgan fingerprint density at radius 1 is 1.17 bits per heavy atom. The van der Waals surface area contributed by atoms with Crippen molar-refractivity contribution in [3.63, 3.8) is 0 Å². The van der Waals surface area contributed by atoms with E-state index in [-0.39, 0.29) is 36.7 Å². The van der Waals surface area contributed by atoms with Crippen LogP contribution in [0.25, 0.3) is 0 Å². The maximum Gasteiger partial charge on any atom is 0.310 e. The topological polar surface area (TPSA) is 66.9 Å². The molecule has 6 nitrogen and oxygen atoms in total. The van der Waals surface area contributed by atoms with Crippen molar-refractivity contribution in [1.82, 2.24) is 4.90 Å². The second-order valence-corrected chi connectivity index (χ2v) is 5.66. The third-order valence-electron chi connectivity index (χ3n) is 4.22. The van der Waals surface area contributed by atoms with E-state index in [1.807, 2.05) is 18.7 Å². The Morgan fingerprint density at radius 3 is 2.33 bits per heavy atom. The molecule has 1 aliphatic rings. The number of rotatable bonds is 7. The number of carbonyl (C=O) groups is 3. The van der Waals surface area contributed by atoms with E-state index in [0.717, 1.165) is 18.7 Å². The fourth-order valence-corrected chi connectivity index (χ4v) is 2.98. The number of hydrogen-bond donors (Lipinski definition) is 0. The summed E-state index contributed by atoms with van der Waals surface area (Å²) in [5.74, 6) is -0.656. The van der Waals surface area contributed by atoms with Gasteiger partial charge in [-0.3, -0.25) is 19.3 Å². The molecule has 0 bridgehead atoms. The van der Waals surface area contributed by atoms with Crippen LogP contribution >= 0.6 is 0 Å². The molecular formula is C18H24N2O4. The molecular weight excluding hydrogens is 308 g/mol. The average Bonchev–Trinajstić information content (AvgIpc) is 2.85. The molecule has 6 heteroatoms. The van der Waals surface area contributed by atoms with Gasteiger partial charge in [-0.05, 0) is 37.7 Å². The Kier molecular flexibility index (Phi) is 6.09. The number of ether oxygens (including phenoxy) is 1. The normalized spacial score (nSPS) is 17.7. The number of nitrogens with zero attached hydrogens (tertiary/aromatic N) is 2. The minimum atomic E-state index is -0.383. The highest BCUT2D eigenvalue weighted by Gasteiger charge is 2.41. The van der Waals surface area contributed by atoms with Gasteiger partial charge < -0.3 is 4.74 Å². The second kappa shape index (κ2) is 8.06. The molecule has 1 aromatic carbocycles. The highest BCUT2D eigenvalue weighted by molar-refractivity contribution is 6.22. The van der Waals surface area contributed by atoms with Crippen LogP contribution < -0.4 is 4.90 Å². The molecule has 24 heavy (non-hydrogen) atoms. The summed E-state index contributed by atoms with van der Waals surface area (Å²) >= 11 is 0. The van der Waals surface area contributed by atoms with Crippen molar-refractivity contribution in [2.24, 2.45) is 0 Å². The van der Waals surface area contributed by atoms with Gasteiger partial charge in [0.1, 0.15) is 0 Å². The molecule has 1 atom stereocenters. The first-order chi connectivity index (χ1) is 11.5. The van der Waals surface area contributed by atoms with Gasteiger partial charge >= 0.3 is 5.97 Å². The largest absolute Gasteiger partial charge is 0.466 e. The monoisotopic (exact) mass is 332 g/mol. The molecule has 0 aliphatic carbocycles. The lowest BCUT2D eigenvalue weighted by molar-refractivity contribution is -0.142. The zero-order chi connectivity index (χ0) is 17.7. The number of imide groups is 1. The molecule has 2 amide bonds. The minimum absolute atomic E-state index is 0.179. The summed E-state index contributed by atoms with van der Waals surface area (Å²) in [4.78, 5) is 39.6. The molecule has 1 aromatic rings. The third kappa shape index (κ3) is 3.82. The number of likely N-dealkylation sites (N-methyl/N-ethyl adjacent to an activating group) is 1. The maximum absolute atomic E-state index is 12.6. The summed E-state index contributed by atoms with van der Waals surface area (Å²) in [5.41, 5.74) is 1.34. The Morgan fingerprint density at radius 2 is 1.79 bits per heavy atom. The summed E-state index contributed by atoms with van der Waals surface area (Å²) in [7, 11) is 0. The zero-order valence-corrected chi connectivity index (χ0v) is 14.4. The van der Waals surface area contributed by atoms with Crippen molar-refractivity contribution in [3.8, 4) is 0 Å². The van der Waals surface area contributed by atoms with Crippen LogP contribution in [0.5, 0.6) is 0 Å². The molecule has 0 radical (unpaired) electrons. The van der Waals surface area contributed by atoms with Gasteiger partial charge in [0.05, 0.1) is 31.2 Å². The molecule has 0 spiro atoms. The van der Waals surface area contributed by atoms with Gasteiger partial charge in [-0.2, -0.15) is 0 Å². The highest BCUT2D eigenvalue weighted by atomic mass is 16.5. The standard InChI is InChI=1S/C18H24N2O4/c1-4-19(5-2)15-12-16(21)20(18(15)23)14-9-7-13(8-10-14)11-17(22)24-6-3/h7-10,15H,4-6,11-12H2,1-3H3. The van der Waals surface area contributed by atoms with Gasteiger partial charge in [0, 0.05) is 0 Å². The molecule has 1 saturated heterocycles. The van der Waals surface area contributed by atoms with Crippen molar-refractivity contribution < 1.29 is 19.1 Å². The SMILES string of the molecule is CCOC(=O)Cc1ccc(N2C(=O)CC(N(CC)CC)C2=O)cc1. The van der Waals surface area contributed by atoms with Gasteiger partial charge in [0.2, 0.25) is 5.91 Å². The summed E-state index contributed by atoms with van der Waals surface area (Å²) in [6.45, 7) is 7.53. The lowest BCUT2D eigenvalue weighted by Gasteiger charge is -2.24. The van der Waals surface area contributed by atoms with Crippen molar-refractivity contribution in [2.75, 3.05) is 24.6 Å². The van der Waals surface area contributed by atoms with E-state index >= 15 is 0 Å². The maximum atomic E-state index is 12.6. The Hall–Kier alpha value is -2.21. The quantitative estimate of drug-likeness (QED) is 0.562. The molecule has 1 unspecified atom stereocenters. The van der Waals surface area contributed by atoms with E-state index in [2.05, 4.69) is 0 Å². The summed E-state index contributed by atoms with van der Waals surface area (Å²) in [5, 5.41) is 0. The number of esters is 1. The predicted molar refractivity (Wildman–Crippen MR) is 90.6 cm³/mol. The van der Waals surface area contributed by atoms with Gasteiger partial charge in [-0.25, -0.2) is 4.90 Å². The minimum Gasteiger partial charge on any atom is -0.466 e. The molecule has 1 aliphatic heterocycles. The van der Waals surface area contributed by atoms with Crippen molar-refractivity contribution in [2.45, 2.75) is 39.7 Å². The Balaban J connectivity index is 2.12. The first kappa shape index (κ1) is 18.1. The first-order valence-corrected chi connectivity index (χ1v) is 8.37. The second-order valence-electron chi connectivity index (χ2n) is 5.66. The van der Waals surface area contributed by atoms with Gasteiger partial charge in [-0.1, -0.05) is 26.0 Å². The van der Waals surface area contributed by atoms with Crippen LogP contribution in [0.1, 0.15) is 32.8 Å². The molecule has 1 fully saturated rings. The zero-order valence-electron chi connectivity index (χ0n) is 14.4. The number of benzene rings is 1. The molecule has 130 valence electrons. The summed E-state index contributed by atoms with van der Waals surface area (Å²) < 4.78 is 4.91. The number of anilines is 1. The van der Waals surface area contributed by atoms with Crippen LogP contribution in [0.15, 0.2) is 24.3 Å². The van der Waals surface area contributed by atoms with Crippen LogP contribution in [0.3, 0.4) is 0 Å². The fraction of sp³-hybridized carbons (Fsp3) is 0.500. The Bertz CT molecular complexity index is 608.